The molecule has 3 atom stereocenters. The Morgan fingerprint density at radius 2 is 1.62 bits per heavy atom. The number of likely N-dealkylation sites (tertiary alicyclic amines) is 1. The first kappa shape index (κ1) is 26.4. The molecule has 1 aliphatic heterocycles. The molecule has 32 heavy (non-hydrogen) atoms. The fourth-order valence-corrected chi connectivity index (χ4v) is 5.22. The van der Waals surface area contributed by atoms with Gasteiger partial charge in [-0.25, -0.2) is 4.79 Å². The van der Waals surface area contributed by atoms with Crippen molar-refractivity contribution < 1.29 is 19.5 Å². The Balaban J connectivity index is 2.25. The van der Waals surface area contributed by atoms with E-state index in [0.29, 0.717) is 0 Å². The van der Waals surface area contributed by atoms with Crippen LogP contribution in [0.15, 0.2) is 11.6 Å². The van der Waals surface area contributed by atoms with Crippen LogP contribution in [0.4, 0.5) is 0 Å². The fourth-order valence-electron chi connectivity index (χ4n) is 5.22. The van der Waals surface area contributed by atoms with E-state index in [9.17, 15) is 19.5 Å². The van der Waals surface area contributed by atoms with E-state index in [-0.39, 0.29) is 47.3 Å². The number of carbonyl (C=O) groups is 3. The van der Waals surface area contributed by atoms with E-state index in [1.165, 1.54) is 0 Å². The first-order valence-electron chi connectivity index (χ1n) is 12.3. The van der Waals surface area contributed by atoms with Gasteiger partial charge in [-0.2, -0.15) is 0 Å². The molecule has 1 unspecified atom stereocenters. The number of nitrogens with one attached hydrogen (secondary N) is 1. The number of likely N-dealkylation sites (N-methyl/N-ethyl adjacent to an activating group) is 1. The monoisotopic (exact) mass is 449 g/mol. The number of carboxylic acids is 1. The molecule has 182 valence electrons. The summed E-state index contributed by atoms with van der Waals surface area (Å²) in [5, 5.41) is 12.5. The van der Waals surface area contributed by atoms with Gasteiger partial charge in [-0.3, -0.25) is 14.5 Å². The van der Waals surface area contributed by atoms with Crippen LogP contribution in [0, 0.1) is 11.8 Å². The van der Waals surface area contributed by atoms with Crippen LogP contribution in [0.2, 0.25) is 0 Å². The smallest absolute Gasteiger partial charge is 0.331 e. The summed E-state index contributed by atoms with van der Waals surface area (Å²) in [6, 6.07) is -0.823. The molecule has 1 saturated heterocycles. The highest BCUT2D eigenvalue weighted by Gasteiger charge is 2.39. The van der Waals surface area contributed by atoms with E-state index in [1.807, 2.05) is 13.8 Å². The van der Waals surface area contributed by atoms with Crippen LogP contribution in [0.1, 0.15) is 79.6 Å². The molecule has 7 nitrogen and oxygen atoms in total. The van der Waals surface area contributed by atoms with Gasteiger partial charge in [0, 0.05) is 18.7 Å². The van der Waals surface area contributed by atoms with E-state index < -0.39 is 12.0 Å². The molecule has 2 aliphatic rings. The van der Waals surface area contributed by atoms with E-state index in [0.717, 1.165) is 51.5 Å². The highest BCUT2D eigenvalue weighted by atomic mass is 16.4. The van der Waals surface area contributed by atoms with E-state index >= 15 is 0 Å². The predicted molar refractivity (Wildman–Crippen MR) is 126 cm³/mol. The van der Waals surface area contributed by atoms with E-state index in [2.05, 4.69) is 24.1 Å². The Morgan fingerprint density at radius 3 is 2.16 bits per heavy atom. The zero-order chi connectivity index (χ0) is 24.0. The molecule has 1 aliphatic carbocycles. The van der Waals surface area contributed by atoms with Crippen LogP contribution in [-0.4, -0.2) is 70.4 Å². The zero-order valence-corrected chi connectivity index (χ0v) is 20.8. The van der Waals surface area contributed by atoms with Gasteiger partial charge in [0.2, 0.25) is 11.8 Å². The van der Waals surface area contributed by atoms with Gasteiger partial charge in [0.05, 0.1) is 12.1 Å². The normalized spacial score (nSPS) is 22.8. The predicted octanol–water partition coefficient (Wildman–Crippen LogP) is 3.44. The van der Waals surface area contributed by atoms with Crippen LogP contribution in [0.3, 0.4) is 0 Å². The maximum Gasteiger partial charge on any atom is 0.331 e. The standard InChI is InChI=1S/C25H43N3O4/c1-16(2)21(15-18(5)25(31)32)27(6)24(30)22(19-11-7-8-12-19)26-23(29)20-13-9-10-14-28(20)17(3)4/h15-17,19-22H,7-14H2,1-6H3,(H,26,29)(H,31,32)/b18-15+/t20?,21-,22+/m1/s1. The second-order valence-electron chi connectivity index (χ2n) is 10.2. The summed E-state index contributed by atoms with van der Waals surface area (Å²) in [6.45, 7) is 10.6. The number of nitrogens with zero attached hydrogens (tertiary/aromatic N) is 2. The topological polar surface area (TPSA) is 90.0 Å². The number of aliphatic carboxylic acids is 1. The van der Waals surface area contributed by atoms with Crippen molar-refractivity contribution >= 4 is 17.8 Å². The molecule has 2 rings (SSSR count). The van der Waals surface area contributed by atoms with Crippen molar-refractivity contribution in [3.63, 3.8) is 0 Å². The van der Waals surface area contributed by atoms with Gasteiger partial charge >= 0.3 is 5.97 Å². The highest BCUT2D eigenvalue weighted by molar-refractivity contribution is 5.90. The molecule has 2 fully saturated rings. The van der Waals surface area contributed by atoms with Crippen molar-refractivity contribution in [2.24, 2.45) is 11.8 Å². The minimum atomic E-state index is -0.983. The number of hydrogen-bond acceptors (Lipinski definition) is 4. The van der Waals surface area contributed by atoms with Crippen molar-refractivity contribution in [2.75, 3.05) is 13.6 Å². The van der Waals surface area contributed by atoms with Crippen LogP contribution in [0.25, 0.3) is 0 Å². The van der Waals surface area contributed by atoms with Gasteiger partial charge in [0.25, 0.3) is 0 Å². The first-order valence-corrected chi connectivity index (χ1v) is 12.3. The number of rotatable bonds is 9. The molecular formula is C25H43N3O4. The minimum absolute atomic E-state index is 0.0459. The summed E-state index contributed by atoms with van der Waals surface area (Å²) < 4.78 is 0. The number of hydrogen-bond donors (Lipinski definition) is 2. The molecule has 0 bridgehead atoms. The summed E-state index contributed by atoms with van der Waals surface area (Å²) in [6.07, 6.45) is 8.60. The average Bonchev–Trinajstić information content (AvgIpc) is 3.28. The quantitative estimate of drug-likeness (QED) is 0.526. The Labute approximate surface area is 193 Å². The summed E-state index contributed by atoms with van der Waals surface area (Å²) in [5.74, 6) is -0.973. The second kappa shape index (κ2) is 11.8. The lowest BCUT2D eigenvalue weighted by Gasteiger charge is -2.39. The van der Waals surface area contributed by atoms with Crippen molar-refractivity contribution in [2.45, 2.75) is 104 Å². The Morgan fingerprint density at radius 1 is 1.03 bits per heavy atom. The molecule has 1 heterocycles. The van der Waals surface area contributed by atoms with Crippen LogP contribution >= 0.6 is 0 Å². The lowest BCUT2D eigenvalue weighted by atomic mass is 9.93. The molecule has 2 N–H and O–H groups in total. The minimum Gasteiger partial charge on any atom is -0.478 e. The third-order valence-electron chi connectivity index (χ3n) is 7.18. The third-order valence-corrected chi connectivity index (χ3v) is 7.18. The van der Waals surface area contributed by atoms with Gasteiger partial charge in [-0.15, -0.1) is 0 Å². The van der Waals surface area contributed by atoms with Gasteiger partial charge in [-0.1, -0.05) is 39.2 Å². The van der Waals surface area contributed by atoms with Crippen molar-refractivity contribution in [3.8, 4) is 0 Å². The van der Waals surface area contributed by atoms with Crippen molar-refractivity contribution in [1.29, 1.82) is 0 Å². The maximum absolute atomic E-state index is 13.7. The van der Waals surface area contributed by atoms with Crippen LogP contribution in [0.5, 0.6) is 0 Å². The largest absolute Gasteiger partial charge is 0.478 e. The second-order valence-corrected chi connectivity index (χ2v) is 10.2. The van der Waals surface area contributed by atoms with E-state index in [1.54, 1.807) is 24.9 Å². The Kier molecular flexibility index (Phi) is 9.74. The SMILES string of the molecule is C/C(=C\[C@H](C(C)C)N(C)C(=O)[C@@H](NC(=O)C1CCCCN1C(C)C)C1CCCC1)C(=O)O. The molecule has 0 aromatic heterocycles. The molecule has 7 heteroatoms. The fraction of sp³-hybridized carbons (Fsp3) is 0.800. The van der Waals surface area contributed by atoms with Gasteiger partial charge in [0.15, 0.2) is 0 Å². The molecule has 0 aromatic carbocycles. The van der Waals surface area contributed by atoms with Crippen LogP contribution < -0.4 is 5.32 Å². The first-order chi connectivity index (χ1) is 15.0. The number of piperidine rings is 1. The molecule has 0 spiro atoms. The molecule has 0 radical (unpaired) electrons. The number of carboxylic acid groups (broad SMARTS) is 1. The number of amides is 2. The molecule has 2 amide bonds. The molecule has 0 aromatic rings. The van der Waals surface area contributed by atoms with Gasteiger partial charge < -0.3 is 15.3 Å². The number of carbonyl (C=O) groups excluding carboxylic acids is 2. The molecule has 1 saturated carbocycles. The zero-order valence-electron chi connectivity index (χ0n) is 20.8. The Hall–Kier alpha value is -1.89. The third kappa shape index (κ3) is 6.56. The van der Waals surface area contributed by atoms with Crippen LogP contribution in [-0.2, 0) is 14.4 Å². The maximum atomic E-state index is 13.7. The van der Waals surface area contributed by atoms with Crippen molar-refractivity contribution in [3.05, 3.63) is 11.6 Å². The van der Waals surface area contributed by atoms with Gasteiger partial charge in [0.1, 0.15) is 6.04 Å². The lowest BCUT2D eigenvalue weighted by Crippen LogP contribution is -2.59. The summed E-state index contributed by atoms with van der Waals surface area (Å²) in [4.78, 5) is 42.3. The lowest BCUT2D eigenvalue weighted by molar-refractivity contribution is -0.140. The molecular weight excluding hydrogens is 406 g/mol. The summed E-state index contributed by atoms with van der Waals surface area (Å²) in [5.41, 5.74) is 0.222. The van der Waals surface area contributed by atoms with Gasteiger partial charge in [-0.05, 0) is 64.8 Å². The van der Waals surface area contributed by atoms with Crippen molar-refractivity contribution in [1.82, 2.24) is 15.1 Å². The summed E-state index contributed by atoms with van der Waals surface area (Å²) >= 11 is 0. The highest BCUT2D eigenvalue weighted by Crippen LogP contribution is 2.30. The Bertz CT molecular complexity index is 697. The van der Waals surface area contributed by atoms with E-state index in [4.69, 9.17) is 0 Å². The summed E-state index contributed by atoms with van der Waals surface area (Å²) in [7, 11) is 1.73. The average molecular weight is 450 g/mol.